The first-order valence-corrected chi connectivity index (χ1v) is 9.15. The van der Waals surface area contributed by atoms with Gasteiger partial charge in [-0.25, -0.2) is 4.68 Å². The molecule has 8 heteroatoms. The highest BCUT2D eigenvalue weighted by atomic mass is 35.5. The van der Waals surface area contributed by atoms with Gasteiger partial charge in [-0.05, 0) is 49.4 Å². The maximum atomic E-state index is 12.2. The lowest BCUT2D eigenvalue weighted by molar-refractivity contribution is -0.114. The molecular weight excluding hydrogens is 387 g/mol. The van der Waals surface area contributed by atoms with E-state index >= 15 is 0 Å². The molecule has 0 spiro atoms. The van der Waals surface area contributed by atoms with Gasteiger partial charge in [0, 0.05) is 30.0 Å². The lowest BCUT2D eigenvalue weighted by atomic mass is 9.68. The third-order valence-corrected chi connectivity index (χ3v) is 5.45. The molecule has 0 bridgehead atoms. The number of aromatic nitrogens is 2. The number of nitrogens with one attached hydrogen (secondary N) is 1. The van der Waals surface area contributed by atoms with E-state index < -0.39 is 0 Å². The fraction of sp³-hybridized carbons (Fsp3) is 0.421. The fourth-order valence-electron chi connectivity index (χ4n) is 3.76. The highest BCUT2D eigenvalue weighted by Crippen LogP contribution is 2.42. The molecule has 1 fully saturated rings. The third kappa shape index (κ3) is 4.69. The summed E-state index contributed by atoms with van der Waals surface area (Å²) in [7, 11) is 0. The number of amides is 1. The van der Waals surface area contributed by atoms with E-state index in [-0.39, 0.29) is 35.3 Å². The SMILES string of the molecule is CC(=O)Nc1ccc(=O)n(C2CCC(CN)(c3cccc(Cl)c3)CC2)n1.Cl. The number of hydrogen-bond acceptors (Lipinski definition) is 4. The van der Waals surface area contributed by atoms with E-state index in [0.29, 0.717) is 17.4 Å². The van der Waals surface area contributed by atoms with Crippen molar-refractivity contribution in [1.29, 1.82) is 0 Å². The molecular formula is C19H24Cl2N4O2. The number of nitrogens with zero attached hydrogens (tertiary/aromatic N) is 2. The number of hydrogen-bond donors (Lipinski definition) is 2. The van der Waals surface area contributed by atoms with Crippen molar-refractivity contribution in [2.24, 2.45) is 5.73 Å². The molecule has 1 saturated carbocycles. The van der Waals surface area contributed by atoms with E-state index in [1.165, 1.54) is 23.7 Å². The van der Waals surface area contributed by atoms with Crippen LogP contribution in [0.15, 0.2) is 41.2 Å². The summed E-state index contributed by atoms with van der Waals surface area (Å²) in [5.41, 5.74) is 7.00. The summed E-state index contributed by atoms with van der Waals surface area (Å²) >= 11 is 6.16. The Kier molecular flexibility index (Phi) is 7.03. The molecule has 2 aromatic rings. The molecule has 0 aliphatic heterocycles. The van der Waals surface area contributed by atoms with E-state index in [0.717, 1.165) is 31.2 Å². The molecule has 0 atom stereocenters. The van der Waals surface area contributed by atoms with Crippen LogP contribution in [0.1, 0.15) is 44.2 Å². The van der Waals surface area contributed by atoms with Gasteiger partial charge in [0.15, 0.2) is 5.82 Å². The molecule has 1 aromatic carbocycles. The molecule has 1 heterocycles. The van der Waals surface area contributed by atoms with Crippen LogP contribution in [0, 0.1) is 0 Å². The van der Waals surface area contributed by atoms with Crippen LogP contribution in [0.25, 0.3) is 0 Å². The van der Waals surface area contributed by atoms with Gasteiger partial charge in [-0.1, -0.05) is 23.7 Å². The Bertz CT molecular complexity index is 861. The average Bonchev–Trinajstić information content (AvgIpc) is 2.63. The van der Waals surface area contributed by atoms with E-state index in [2.05, 4.69) is 16.5 Å². The molecule has 1 aliphatic rings. The van der Waals surface area contributed by atoms with Gasteiger partial charge in [0.1, 0.15) is 0 Å². The van der Waals surface area contributed by atoms with Crippen LogP contribution >= 0.6 is 24.0 Å². The predicted molar refractivity (Wildman–Crippen MR) is 110 cm³/mol. The minimum absolute atomic E-state index is 0. The van der Waals surface area contributed by atoms with Gasteiger partial charge in [-0.3, -0.25) is 9.59 Å². The Morgan fingerprint density at radius 1 is 1.33 bits per heavy atom. The van der Waals surface area contributed by atoms with Crippen LogP contribution in [-0.4, -0.2) is 22.2 Å². The first-order valence-electron chi connectivity index (χ1n) is 8.77. The second-order valence-corrected chi connectivity index (χ2v) is 7.34. The van der Waals surface area contributed by atoms with Crippen molar-refractivity contribution < 1.29 is 4.79 Å². The van der Waals surface area contributed by atoms with E-state index in [9.17, 15) is 9.59 Å². The lowest BCUT2D eigenvalue weighted by Crippen LogP contribution is -2.41. The minimum atomic E-state index is -0.213. The van der Waals surface area contributed by atoms with Crippen LogP contribution in [-0.2, 0) is 10.2 Å². The van der Waals surface area contributed by atoms with Crippen molar-refractivity contribution in [2.75, 3.05) is 11.9 Å². The number of carbonyl (C=O) groups is 1. The Morgan fingerprint density at radius 2 is 2.04 bits per heavy atom. The number of carbonyl (C=O) groups excluding carboxylic acids is 1. The van der Waals surface area contributed by atoms with Crippen molar-refractivity contribution in [3.63, 3.8) is 0 Å². The number of anilines is 1. The molecule has 146 valence electrons. The number of benzene rings is 1. The fourth-order valence-corrected chi connectivity index (χ4v) is 3.95. The maximum Gasteiger partial charge on any atom is 0.267 e. The third-order valence-electron chi connectivity index (χ3n) is 5.21. The summed E-state index contributed by atoms with van der Waals surface area (Å²) < 4.78 is 1.49. The largest absolute Gasteiger partial charge is 0.330 e. The lowest BCUT2D eigenvalue weighted by Gasteiger charge is -2.40. The first kappa shape index (κ1) is 21.4. The second kappa shape index (κ2) is 8.87. The van der Waals surface area contributed by atoms with Crippen molar-refractivity contribution >= 4 is 35.7 Å². The summed E-state index contributed by atoms with van der Waals surface area (Å²) in [5.74, 6) is 0.178. The molecule has 0 radical (unpaired) electrons. The van der Waals surface area contributed by atoms with E-state index in [1.807, 2.05) is 18.2 Å². The molecule has 6 nitrogen and oxygen atoms in total. The summed E-state index contributed by atoms with van der Waals surface area (Å²) in [6.45, 7) is 1.95. The molecule has 1 amide bonds. The number of halogens is 2. The van der Waals surface area contributed by atoms with Gasteiger partial charge in [0.2, 0.25) is 5.91 Å². The Labute approximate surface area is 169 Å². The van der Waals surface area contributed by atoms with Crippen molar-refractivity contribution in [3.8, 4) is 0 Å². The quantitative estimate of drug-likeness (QED) is 0.808. The van der Waals surface area contributed by atoms with Crippen LogP contribution in [0.4, 0.5) is 5.82 Å². The Balaban J connectivity index is 0.00000261. The molecule has 1 aromatic heterocycles. The zero-order valence-electron chi connectivity index (χ0n) is 15.2. The van der Waals surface area contributed by atoms with Gasteiger partial charge in [-0.15, -0.1) is 12.4 Å². The monoisotopic (exact) mass is 410 g/mol. The zero-order chi connectivity index (χ0) is 18.7. The van der Waals surface area contributed by atoms with E-state index in [1.54, 1.807) is 0 Å². The van der Waals surface area contributed by atoms with Gasteiger partial charge >= 0.3 is 0 Å². The standard InChI is InChI=1S/C19H23ClN4O2.ClH/c1-13(25)22-17-5-6-18(26)24(23-17)16-7-9-19(12-21,10-8-16)14-3-2-4-15(20)11-14;/h2-6,11,16H,7-10,12,21H2,1H3,(H,22,23,25);1H. The van der Waals surface area contributed by atoms with E-state index in [4.69, 9.17) is 17.3 Å². The smallest absolute Gasteiger partial charge is 0.267 e. The van der Waals surface area contributed by atoms with Crippen molar-refractivity contribution in [1.82, 2.24) is 9.78 Å². The molecule has 1 aliphatic carbocycles. The second-order valence-electron chi connectivity index (χ2n) is 6.91. The summed E-state index contributed by atoms with van der Waals surface area (Å²) in [6, 6.07) is 10.8. The molecule has 27 heavy (non-hydrogen) atoms. The predicted octanol–water partition coefficient (Wildman–Crippen LogP) is 3.29. The Morgan fingerprint density at radius 3 is 2.63 bits per heavy atom. The van der Waals surface area contributed by atoms with Gasteiger partial charge in [0.05, 0.1) is 6.04 Å². The maximum absolute atomic E-state index is 12.2. The van der Waals surface area contributed by atoms with Gasteiger partial charge < -0.3 is 11.1 Å². The first-order chi connectivity index (χ1) is 12.4. The normalized spacial score (nSPS) is 22.0. The highest BCUT2D eigenvalue weighted by molar-refractivity contribution is 6.30. The van der Waals surface area contributed by atoms with Crippen LogP contribution in [0.5, 0.6) is 0 Å². The van der Waals surface area contributed by atoms with Crippen LogP contribution in [0.3, 0.4) is 0 Å². The van der Waals surface area contributed by atoms with Crippen molar-refractivity contribution in [2.45, 2.75) is 44.1 Å². The van der Waals surface area contributed by atoms with Crippen molar-refractivity contribution in [3.05, 3.63) is 57.3 Å². The Hall–Kier alpha value is -1.89. The summed E-state index contributed by atoms with van der Waals surface area (Å²) in [4.78, 5) is 23.5. The molecule has 0 unspecified atom stereocenters. The number of rotatable bonds is 4. The van der Waals surface area contributed by atoms with Crippen LogP contribution < -0.4 is 16.6 Å². The van der Waals surface area contributed by atoms with Gasteiger partial charge in [-0.2, -0.15) is 5.10 Å². The highest BCUT2D eigenvalue weighted by Gasteiger charge is 2.37. The molecule has 0 saturated heterocycles. The summed E-state index contributed by atoms with van der Waals surface area (Å²) in [6.07, 6.45) is 3.29. The molecule has 3 N–H and O–H groups in total. The zero-order valence-corrected chi connectivity index (χ0v) is 16.7. The molecule has 3 rings (SSSR count). The summed E-state index contributed by atoms with van der Waals surface area (Å²) in [5, 5.41) is 7.65. The number of nitrogens with two attached hydrogens (primary N) is 1. The van der Waals surface area contributed by atoms with Gasteiger partial charge in [0.25, 0.3) is 5.56 Å². The average molecular weight is 411 g/mol. The minimum Gasteiger partial charge on any atom is -0.330 e. The van der Waals surface area contributed by atoms with Crippen LogP contribution in [0.2, 0.25) is 5.02 Å². The topological polar surface area (TPSA) is 90.0 Å².